The fourth-order valence-corrected chi connectivity index (χ4v) is 15.0. The van der Waals surface area contributed by atoms with Crippen molar-refractivity contribution >= 4 is 33.1 Å². The van der Waals surface area contributed by atoms with E-state index in [1.165, 1.54) is 107 Å². The molecule has 37 heteroatoms. The normalized spacial score (nSPS) is 12.6. The van der Waals surface area contributed by atoms with Crippen LogP contribution in [0.3, 0.4) is 0 Å². The third kappa shape index (κ3) is 23.5. The van der Waals surface area contributed by atoms with Gasteiger partial charge in [0.05, 0.1) is 63.6 Å². The predicted octanol–water partition coefficient (Wildman–Crippen LogP) is 25.9. The van der Waals surface area contributed by atoms with E-state index < -0.39 is 43.4 Å². The molecule has 134 heavy (non-hydrogen) atoms. The number of alkyl halides is 17. The van der Waals surface area contributed by atoms with Gasteiger partial charge in [0, 0.05) is 69.3 Å². The fraction of sp³-hybridized carbons (Fsp3) is 0.196. The molecule has 0 unspecified atom stereocenters. The molecule has 1 saturated carbocycles. The second kappa shape index (κ2) is 38.2. The molecule has 1 fully saturated rings. The van der Waals surface area contributed by atoms with Gasteiger partial charge in [-0.3, -0.25) is 0 Å². The second-order valence-corrected chi connectivity index (χ2v) is 31.2. The Morgan fingerprint density at radius 3 is 1.11 bits per heavy atom. The number of rotatable bonds is 15. The van der Waals surface area contributed by atoms with E-state index in [4.69, 9.17) is 4.74 Å². The average molecular weight is 1860 g/mol. The van der Waals surface area contributed by atoms with E-state index in [2.05, 4.69) is 109 Å². The van der Waals surface area contributed by atoms with Crippen LogP contribution < -0.4 is 23.7 Å². The molecule has 12 aromatic heterocycles. The van der Waals surface area contributed by atoms with Gasteiger partial charge in [-0.1, -0.05) is 59.8 Å². The summed E-state index contributed by atoms with van der Waals surface area (Å²) in [6, 6.07) is 60.2. The minimum atomic E-state index is -4.78. The van der Waals surface area contributed by atoms with Gasteiger partial charge in [0.1, 0.15) is 28.7 Å². The smallest absolute Gasteiger partial charge is 0.406 e. The molecule has 19 rings (SSSR count). The number of hydrogen-bond acceptors (Lipinski definition) is 14. The highest BCUT2D eigenvalue weighted by atomic mass is 19.4. The number of aromatic nitrogens is 13. The Morgan fingerprint density at radius 2 is 0.701 bits per heavy atom. The van der Waals surface area contributed by atoms with Gasteiger partial charge in [0.25, 0.3) is 5.92 Å². The van der Waals surface area contributed by atoms with Crippen molar-refractivity contribution in [3.05, 3.63) is 324 Å². The van der Waals surface area contributed by atoms with Gasteiger partial charge in [0.2, 0.25) is 0 Å². The first-order valence-electron chi connectivity index (χ1n) is 40.6. The quantitative estimate of drug-likeness (QED) is 0.0879. The van der Waals surface area contributed by atoms with Crippen molar-refractivity contribution in [1.29, 1.82) is 5.26 Å². The molecule has 0 atom stereocenters. The Kier molecular flexibility index (Phi) is 27.0. The van der Waals surface area contributed by atoms with E-state index >= 15 is 0 Å². The summed E-state index contributed by atoms with van der Waals surface area (Å²) in [5, 5.41) is 37.3. The van der Waals surface area contributed by atoms with Gasteiger partial charge in [-0.15, -0.1) is 71.0 Å². The number of ether oxygens (including phenoxy) is 6. The third-order valence-corrected chi connectivity index (χ3v) is 21.4. The topological polar surface area (TPSA) is 196 Å². The lowest BCUT2D eigenvalue weighted by Crippen LogP contribution is -2.17. The molecular weight excluding hydrogens is 1780 g/mol. The zero-order valence-electron chi connectivity index (χ0n) is 72.2. The lowest BCUT2D eigenvalue weighted by atomic mass is 9.95. The maximum atomic E-state index is 13.6. The molecule has 0 radical (unpaired) electrons. The van der Waals surface area contributed by atoms with E-state index in [0.717, 1.165) is 109 Å². The van der Waals surface area contributed by atoms with Crippen LogP contribution in [0.15, 0.2) is 268 Å². The summed E-state index contributed by atoms with van der Waals surface area (Å²) in [6.45, 7) is 13.7. The van der Waals surface area contributed by atoms with Crippen LogP contribution in [0.25, 0.3) is 99.9 Å². The standard InChI is InChI=1S/C18H15N3.C16H12F5N3O.C16H13F3N2O2.2C16H13F3N2O.C15H11F3N2O/c1-13-11-20-21-9-6-15(10-17(13)21)14-2-4-16(5-3-14)18(12-19)7-8-18;1-9-7-11(25-16(19,20)21)3-4-12(9)10-5-6-24-13(8-10)14(22-23-24)15(2,17)18;1-22-10-12-9-14(23-16(17,18)19)2-3-15(12)11-5-7-21-13(8-11)4-6-20-21;1-10-7-13(22-16(17,18)19)3-4-14(10)12-5-6-21-15(8-12)11(2)9-20-21;1-10-7-14(22-16(17,18)19)3-4-15(10)12-8-11(2)21-13(9-12)5-6-20-21;1-10-8-13(21-15(16,17)18)2-3-14(10)11-5-7-20-12(9-11)4-6-19-20/h2-6,9-11H,7-8H2,1H3;3-8H,1-2H3;2-9H,10H2,1H3;2*3-9H,1-2H3;2-9H,1H3. The number of benzene rings is 6. The van der Waals surface area contributed by atoms with Crippen LogP contribution in [0.4, 0.5) is 74.6 Å². The molecule has 0 saturated heterocycles. The van der Waals surface area contributed by atoms with Gasteiger partial charge in [-0.25, -0.2) is 27.1 Å². The van der Waals surface area contributed by atoms with Crippen LogP contribution >= 0.6 is 0 Å². The molecule has 0 amide bonds. The highest BCUT2D eigenvalue weighted by Crippen LogP contribution is 2.48. The second-order valence-electron chi connectivity index (χ2n) is 31.2. The summed E-state index contributed by atoms with van der Waals surface area (Å²) < 4.78 is 246. The van der Waals surface area contributed by atoms with Crippen molar-refractivity contribution in [2.75, 3.05) is 7.11 Å². The zero-order chi connectivity index (χ0) is 96.2. The fourth-order valence-electron chi connectivity index (χ4n) is 15.0. The molecule has 12 heterocycles. The molecule has 6 aromatic carbocycles. The maximum Gasteiger partial charge on any atom is 0.573 e. The van der Waals surface area contributed by atoms with Crippen LogP contribution in [0.2, 0.25) is 0 Å². The Morgan fingerprint density at radius 1 is 0.343 bits per heavy atom. The highest BCUT2D eigenvalue weighted by molar-refractivity contribution is 5.78. The van der Waals surface area contributed by atoms with Crippen molar-refractivity contribution < 1.29 is 103 Å². The Hall–Kier alpha value is -15.4. The number of nitrogens with zero attached hydrogens (tertiary/aromatic N) is 14. The lowest BCUT2D eigenvalue weighted by molar-refractivity contribution is -0.275. The van der Waals surface area contributed by atoms with Crippen LogP contribution in [-0.4, -0.2) is 102 Å². The Bertz CT molecular complexity index is 7320. The molecule has 18 aromatic rings. The van der Waals surface area contributed by atoms with E-state index in [9.17, 15) is 79.9 Å². The van der Waals surface area contributed by atoms with Crippen LogP contribution in [0.1, 0.15) is 75.7 Å². The summed E-state index contributed by atoms with van der Waals surface area (Å²) in [7, 11) is 1.49. The Labute approximate surface area is 751 Å². The first-order chi connectivity index (χ1) is 63.3. The van der Waals surface area contributed by atoms with E-state index in [1.54, 1.807) is 107 Å². The number of pyridine rings is 6. The summed E-state index contributed by atoms with van der Waals surface area (Å²) in [5.41, 5.74) is 22.3. The molecule has 0 spiro atoms. The van der Waals surface area contributed by atoms with Gasteiger partial charge in [-0.05, 0) is 324 Å². The minimum absolute atomic E-state index is 0.125. The lowest BCUT2D eigenvalue weighted by Gasteiger charge is -2.14. The molecule has 1 aliphatic rings. The number of nitriles is 1. The molecule has 20 nitrogen and oxygen atoms in total. The summed E-state index contributed by atoms with van der Waals surface area (Å²) >= 11 is 0. The molecule has 0 bridgehead atoms. The van der Waals surface area contributed by atoms with Crippen molar-refractivity contribution in [1.82, 2.24) is 62.9 Å². The molecule has 0 N–H and O–H groups in total. The van der Waals surface area contributed by atoms with Crippen molar-refractivity contribution in [2.45, 2.75) is 118 Å². The maximum absolute atomic E-state index is 13.6. The van der Waals surface area contributed by atoms with Crippen molar-refractivity contribution in [2.24, 2.45) is 0 Å². The SMILES string of the molecule is COCc1cc(OC(F)(F)F)ccc1-c1ccn2nccc2c1.Cc1cc(OC(F)(F)F)ccc1-c1cc(C)n2nccc2c1.Cc1cc(OC(F)(F)F)ccc1-c1ccn2ncc(C)c2c1.Cc1cc(OC(F)(F)F)ccc1-c1ccn2nccc2c1.Cc1cc(OC(F)(F)F)ccc1-c1ccn2nnc(C(C)(F)F)c2c1.Cc1cnn2ccc(-c3ccc(C4(C#N)CC4)cc3)cc12. The monoisotopic (exact) mass is 1860 g/mol. The number of fused-ring (bicyclic) bond motifs is 6. The summed E-state index contributed by atoms with van der Waals surface area (Å²) in [4.78, 5) is 0. The third-order valence-electron chi connectivity index (χ3n) is 21.4. The number of methoxy groups -OCH3 is 1. The molecule has 1 aliphatic carbocycles. The molecule has 690 valence electrons. The number of aryl methyl sites for hydroxylation is 7. The average Bonchev–Trinajstić information content (AvgIpc) is 1.62. The van der Waals surface area contributed by atoms with E-state index in [1.807, 2.05) is 110 Å². The van der Waals surface area contributed by atoms with Crippen LogP contribution in [0.5, 0.6) is 28.7 Å². The van der Waals surface area contributed by atoms with Crippen molar-refractivity contribution in [3.63, 3.8) is 0 Å². The van der Waals surface area contributed by atoms with Gasteiger partial charge >= 0.3 is 31.8 Å². The number of halogens is 17. The minimum Gasteiger partial charge on any atom is -0.406 e. The first-order valence-corrected chi connectivity index (χ1v) is 40.6. The van der Waals surface area contributed by atoms with Gasteiger partial charge < -0.3 is 28.4 Å². The van der Waals surface area contributed by atoms with Gasteiger partial charge in [0.15, 0.2) is 5.69 Å². The Balaban J connectivity index is 0.000000129. The van der Waals surface area contributed by atoms with E-state index in [0.29, 0.717) is 38.9 Å². The van der Waals surface area contributed by atoms with Crippen molar-refractivity contribution in [3.8, 4) is 102 Å². The van der Waals surface area contributed by atoms with Crippen LogP contribution in [0, 0.1) is 59.8 Å². The number of hydrogen-bond donors (Lipinski definition) is 0. The summed E-state index contributed by atoms with van der Waals surface area (Å²) in [6.07, 6.45) is -3.95. The highest BCUT2D eigenvalue weighted by Gasteiger charge is 2.45. The molecular formula is C97H77F17N14O6. The summed E-state index contributed by atoms with van der Waals surface area (Å²) in [5.74, 6) is -4.42. The predicted molar refractivity (Wildman–Crippen MR) is 465 cm³/mol. The zero-order valence-corrected chi connectivity index (χ0v) is 72.2. The van der Waals surface area contributed by atoms with Gasteiger partial charge in [-0.2, -0.15) is 39.5 Å². The largest absolute Gasteiger partial charge is 0.573 e. The van der Waals surface area contributed by atoms with Crippen LogP contribution in [-0.2, 0) is 22.7 Å². The molecule has 0 aliphatic heterocycles. The first kappa shape index (κ1) is 94.8. The van der Waals surface area contributed by atoms with E-state index in [-0.39, 0.29) is 46.3 Å².